The van der Waals surface area contributed by atoms with Gasteiger partial charge in [-0.2, -0.15) is 5.10 Å². The van der Waals surface area contributed by atoms with Gasteiger partial charge < -0.3 is 5.73 Å². The second kappa shape index (κ2) is 6.42. The number of amides is 1. The molecule has 4 rings (SSSR count). The van der Waals surface area contributed by atoms with Crippen LogP contribution in [0.15, 0.2) is 67.0 Å². The summed E-state index contributed by atoms with van der Waals surface area (Å²) in [6, 6.07) is 8.39. The van der Waals surface area contributed by atoms with E-state index in [-0.39, 0.29) is 6.42 Å². The van der Waals surface area contributed by atoms with Gasteiger partial charge in [-0.3, -0.25) is 9.78 Å². The highest BCUT2D eigenvalue weighted by atomic mass is 19.3. The molecule has 2 heterocycles. The normalized spacial score (nSPS) is 18.1. The van der Waals surface area contributed by atoms with E-state index in [9.17, 15) is 13.6 Å². The van der Waals surface area contributed by atoms with Crippen molar-refractivity contribution >= 4 is 16.8 Å². The fourth-order valence-corrected chi connectivity index (χ4v) is 3.23. The number of benzene rings is 1. The van der Waals surface area contributed by atoms with Crippen molar-refractivity contribution in [2.24, 2.45) is 11.7 Å². The summed E-state index contributed by atoms with van der Waals surface area (Å²) in [4.78, 5) is 15.7. The Labute approximate surface area is 153 Å². The molecular formula is C20H16F2N4O. The van der Waals surface area contributed by atoms with Crippen LogP contribution in [0.3, 0.4) is 0 Å². The van der Waals surface area contributed by atoms with Gasteiger partial charge in [-0.05, 0) is 36.4 Å². The van der Waals surface area contributed by atoms with Crippen LogP contribution in [0.4, 0.5) is 8.78 Å². The average Bonchev–Trinajstić information content (AvgIpc) is 3.02. The van der Waals surface area contributed by atoms with Gasteiger partial charge in [-0.25, -0.2) is 13.5 Å². The van der Waals surface area contributed by atoms with Crippen molar-refractivity contribution in [2.75, 3.05) is 0 Å². The number of carbonyl (C=O) groups is 1. The van der Waals surface area contributed by atoms with Gasteiger partial charge in [-0.1, -0.05) is 18.2 Å². The van der Waals surface area contributed by atoms with Gasteiger partial charge in [0.25, 0.3) is 5.92 Å². The number of hydrogen-bond donors (Lipinski definition) is 1. The van der Waals surface area contributed by atoms with E-state index in [4.69, 9.17) is 5.73 Å². The van der Waals surface area contributed by atoms with E-state index in [1.54, 1.807) is 53.5 Å². The molecule has 0 aliphatic heterocycles. The van der Waals surface area contributed by atoms with Crippen LogP contribution in [0.5, 0.6) is 0 Å². The molecule has 1 amide bonds. The molecule has 1 aliphatic carbocycles. The van der Waals surface area contributed by atoms with E-state index in [0.717, 1.165) is 6.08 Å². The SMILES string of the molecule is NC(=O)c1ccc2nn(-c3cccnc3)c(CC3C=CC=CC3(F)F)c2c1. The zero-order valence-corrected chi connectivity index (χ0v) is 14.2. The van der Waals surface area contributed by atoms with E-state index >= 15 is 0 Å². The first kappa shape index (κ1) is 17.1. The lowest BCUT2D eigenvalue weighted by atomic mass is 9.90. The summed E-state index contributed by atoms with van der Waals surface area (Å²) in [5.74, 6) is -4.57. The minimum Gasteiger partial charge on any atom is -0.366 e. The van der Waals surface area contributed by atoms with Gasteiger partial charge in [0, 0.05) is 23.6 Å². The van der Waals surface area contributed by atoms with Crippen LogP contribution in [-0.2, 0) is 6.42 Å². The third-order valence-electron chi connectivity index (χ3n) is 4.63. The lowest BCUT2D eigenvalue weighted by Crippen LogP contribution is -2.28. The molecule has 0 spiro atoms. The zero-order valence-electron chi connectivity index (χ0n) is 14.2. The number of hydrogen-bond acceptors (Lipinski definition) is 3. The summed E-state index contributed by atoms with van der Waals surface area (Å²) in [5.41, 5.74) is 7.51. The number of nitrogens with zero attached hydrogens (tertiary/aromatic N) is 3. The third-order valence-corrected chi connectivity index (χ3v) is 4.63. The number of nitrogens with two attached hydrogens (primary N) is 1. The molecular weight excluding hydrogens is 350 g/mol. The van der Waals surface area contributed by atoms with Crippen molar-refractivity contribution in [3.05, 3.63) is 78.3 Å². The Hall–Kier alpha value is -3.35. The number of alkyl halides is 2. The third kappa shape index (κ3) is 3.12. The Balaban J connectivity index is 1.89. The highest BCUT2D eigenvalue weighted by Crippen LogP contribution is 2.35. The first-order valence-electron chi connectivity index (χ1n) is 8.41. The Morgan fingerprint density at radius 1 is 1.26 bits per heavy atom. The van der Waals surface area contributed by atoms with E-state index < -0.39 is 17.7 Å². The van der Waals surface area contributed by atoms with Crippen molar-refractivity contribution in [3.63, 3.8) is 0 Å². The molecule has 1 unspecified atom stereocenters. The van der Waals surface area contributed by atoms with E-state index in [1.807, 2.05) is 0 Å². The molecule has 1 aromatic carbocycles. The van der Waals surface area contributed by atoms with Crippen LogP contribution < -0.4 is 5.73 Å². The highest BCUT2D eigenvalue weighted by molar-refractivity contribution is 5.97. The fourth-order valence-electron chi connectivity index (χ4n) is 3.23. The zero-order chi connectivity index (χ0) is 19.0. The smallest absolute Gasteiger partial charge is 0.273 e. The molecule has 1 aliphatic rings. The number of carbonyl (C=O) groups excluding carboxylic acids is 1. The molecule has 0 saturated carbocycles. The van der Waals surface area contributed by atoms with E-state index in [2.05, 4.69) is 10.1 Å². The molecule has 0 fully saturated rings. The maximum Gasteiger partial charge on any atom is 0.273 e. The second-order valence-electron chi connectivity index (χ2n) is 6.40. The maximum absolute atomic E-state index is 14.3. The number of fused-ring (bicyclic) bond motifs is 1. The monoisotopic (exact) mass is 366 g/mol. The summed E-state index contributed by atoms with van der Waals surface area (Å²) >= 11 is 0. The fraction of sp³-hybridized carbons (Fsp3) is 0.150. The highest BCUT2D eigenvalue weighted by Gasteiger charge is 2.37. The molecule has 1 atom stereocenters. The summed E-state index contributed by atoms with van der Waals surface area (Å²) < 4.78 is 30.3. The van der Waals surface area contributed by atoms with Crippen LogP contribution >= 0.6 is 0 Å². The molecule has 2 aromatic heterocycles. The van der Waals surface area contributed by atoms with Gasteiger partial charge in [0.2, 0.25) is 5.91 Å². The van der Waals surface area contributed by atoms with Crippen molar-refractivity contribution in [1.82, 2.24) is 14.8 Å². The lowest BCUT2D eigenvalue weighted by Gasteiger charge is -2.24. The molecule has 3 aromatic rings. The van der Waals surface area contributed by atoms with Crippen LogP contribution in [0, 0.1) is 5.92 Å². The number of primary amides is 1. The molecule has 7 heteroatoms. The quantitative estimate of drug-likeness (QED) is 0.769. The van der Waals surface area contributed by atoms with Gasteiger partial charge in [0.05, 0.1) is 29.0 Å². The standard InChI is InChI=1S/C20H16F2N4O/c21-20(22)8-2-1-4-14(20)11-18-16-10-13(19(23)27)6-7-17(16)25-26(18)15-5-3-9-24-12-15/h1-10,12,14H,11H2,(H2,23,27). The molecule has 0 bridgehead atoms. The number of allylic oxidation sites excluding steroid dienone is 4. The van der Waals surface area contributed by atoms with Crippen molar-refractivity contribution in [3.8, 4) is 5.69 Å². The van der Waals surface area contributed by atoms with Gasteiger partial charge >= 0.3 is 0 Å². The Bertz CT molecular complexity index is 1070. The predicted octanol–water partition coefficient (Wildman–Crippen LogP) is 3.44. The number of aromatic nitrogens is 3. The lowest BCUT2D eigenvalue weighted by molar-refractivity contribution is 0.00897. The van der Waals surface area contributed by atoms with Crippen LogP contribution in [-0.4, -0.2) is 26.6 Å². The topological polar surface area (TPSA) is 73.8 Å². The maximum atomic E-state index is 14.3. The molecule has 136 valence electrons. The molecule has 5 nitrogen and oxygen atoms in total. The van der Waals surface area contributed by atoms with Gasteiger partial charge in [0.15, 0.2) is 0 Å². The van der Waals surface area contributed by atoms with Crippen molar-refractivity contribution in [2.45, 2.75) is 12.3 Å². The van der Waals surface area contributed by atoms with Crippen LogP contribution in [0.2, 0.25) is 0 Å². The molecule has 2 N–H and O–H groups in total. The number of rotatable bonds is 4. The Kier molecular flexibility index (Phi) is 4.07. The number of halogens is 2. The van der Waals surface area contributed by atoms with Crippen molar-refractivity contribution < 1.29 is 13.6 Å². The molecule has 27 heavy (non-hydrogen) atoms. The van der Waals surface area contributed by atoms with E-state index in [0.29, 0.717) is 27.8 Å². The van der Waals surface area contributed by atoms with Crippen LogP contribution in [0.1, 0.15) is 16.1 Å². The Morgan fingerprint density at radius 3 is 2.81 bits per heavy atom. The second-order valence-corrected chi connectivity index (χ2v) is 6.40. The molecule has 0 saturated heterocycles. The average molecular weight is 366 g/mol. The first-order chi connectivity index (χ1) is 13.0. The van der Waals surface area contributed by atoms with Crippen molar-refractivity contribution in [1.29, 1.82) is 0 Å². The van der Waals surface area contributed by atoms with Gasteiger partial charge in [-0.15, -0.1) is 0 Å². The summed E-state index contributed by atoms with van der Waals surface area (Å²) in [6.45, 7) is 0. The van der Waals surface area contributed by atoms with Gasteiger partial charge in [0.1, 0.15) is 0 Å². The van der Waals surface area contributed by atoms with E-state index in [1.165, 1.54) is 12.2 Å². The van der Waals surface area contributed by atoms with Crippen LogP contribution in [0.25, 0.3) is 16.6 Å². The minimum atomic E-state index is -2.97. The largest absolute Gasteiger partial charge is 0.366 e. The first-order valence-corrected chi connectivity index (χ1v) is 8.41. The summed E-state index contributed by atoms with van der Waals surface area (Å²) in [6.07, 6.45) is 8.63. The summed E-state index contributed by atoms with van der Waals surface area (Å²) in [7, 11) is 0. The molecule has 0 radical (unpaired) electrons. The predicted molar refractivity (Wildman–Crippen MR) is 97.8 cm³/mol. The summed E-state index contributed by atoms with van der Waals surface area (Å²) in [5, 5.41) is 5.15. The minimum absolute atomic E-state index is 0.0431. The Morgan fingerprint density at radius 2 is 2.11 bits per heavy atom. The number of pyridine rings is 1.